The molecule has 25 heavy (non-hydrogen) atoms. The largest absolute Gasteiger partial charge is 0.494 e. The normalized spacial score (nSPS) is 10.4. The van der Waals surface area contributed by atoms with Crippen LogP contribution in [0, 0.1) is 0 Å². The number of rotatable bonds is 14. The van der Waals surface area contributed by atoms with Gasteiger partial charge in [0.25, 0.3) is 0 Å². The van der Waals surface area contributed by atoms with Gasteiger partial charge in [-0.15, -0.1) is 0 Å². The van der Waals surface area contributed by atoms with E-state index >= 15 is 0 Å². The first-order chi connectivity index (χ1) is 12.1. The van der Waals surface area contributed by atoms with Gasteiger partial charge in [-0.25, -0.2) is 4.79 Å². The third-order valence-corrected chi connectivity index (χ3v) is 4.12. The van der Waals surface area contributed by atoms with Crippen LogP contribution in [0.15, 0.2) is 24.3 Å². The zero-order valence-electron chi connectivity index (χ0n) is 15.2. The number of unbranched alkanes of at least 4 members (excludes halogenated alkanes) is 8. The summed E-state index contributed by atoms with van der Waals surface area (Å²) >= 11 is 0. The van der Waals surface area contributed by atoms with Gasteiger partial charge < -0.3 is 14.6 Å². The lowest BCUT2D eigenvalue weighted by Crippen LogP contribution is -1.99. The molecule has 5 heteroatoms. The van der Waals surface area contributed by atoms with E-state index in [1.165, 1.54) is 39.2 Å². The Kier molecular flexibility index (Phi) is 11.2. The maximum absolute atomic E-state index is 10.9. The topological polar surface area (TPSA) is 72.8 Å². The van der Waals surface area contributed by atoms with Crippen molar-refractivity contribution < 1.29 is 24.2 Å². The van der Waals surface area contributed by atoms with Crippen LogP contribution >= 0.6 is 0 Å². The van der Waals surface area contributed by atoms with Crippen LogP contribution in [-0.4, -0.2) is 30.8 Å². The van der Waals surface area contributed by atoms with E-state index in [0.29, 0.717) is 13.0 Å². The van der Waals surface area contributed by atoms with Crippen LogP contribution in [0.5, 0.6) is 5.75 Å². The second kappa shape index (κ2) is 13.3. The average Bonchev–Trinajstić information content (AvgIpc) is 2.62. The fourth-order valence-corrected chi connectivity index (χ4v) is 2.59. The molecule has 140 valence electrons. The molecule has 0 bridgehead atoms. The highest BCUT2D eigenvalue weighted by atomic mass is 16.5. The van der Waals surface area contributed by atoms with Crippen molar-refractivity contribution in [2.75, 3.05) is 13.7 Å². The predicted octanol–water partition coefficient (Wildman–Crippen LogP) is 4.84. The molecule has 0 unspecified atom stereocenters. The van der Waals surface area contributed by atoms with Crippen molar-refractivity contribution >= 4 is 11.9 Å². The van der Waals surface area contributed by atoms with E-state index in [2.05, 4.69) is 4.74 Å². The number of ether oxygens (including phenoxy) is 2. The van der Waals surface area contributed by atoms with E-state index in [4.69, 9.17) is 9.84 Å². The third kappa shape index (κ3) is 10.4. The molecule has 1 aromatic rings. The highest BCUT2D eigenvalue weighted by molar-refractivity contribution is 5.87. The minimum absolute atomic E-state index is 0.111. The molecule has 0 heterocycles. The van der Waals surface area contributed by atoms with Gasteiger partial charge in [0.15, 0.2) is 0 Å². The number of hydrogen-bond donors (Lipinski definition) is 1. The van der Waals surface area contributed by atoms with Gasteiger partial charge in [-0.3, -0.25) is 4.79 Å². The van der Waals surface area contributed by atoms with Crippen molar-refractivity contribution in [1.82, 2.24) is 0 Å². The van der Waals surface area contributed by atoms with Gasteiger partial charge >= 0.3 is 11.9 Å². The van der Waals surface area contributed by atoms with Gasteiger partial charge in [0.1, 0.15) is 5.75 Å². The van der Waals surface area contributed by atoms with Crippen LogP contribution in [-0.2, 0) is 9.53 Å². The molecular formula is C20H30O5. The number of aromatic carboxylic acids is 1. The number of benzene rings is 1. The van der Waals surface area contributed by atoms with Gasteiger partial charge in [-0.2, -0.15) is 0 Å². The minimum Gasteiger partial charge on any atom is -0.494 e. The van der Waals surface area contributed by atoms with E-state index < -0.39 is 5.97 Å². The first kappa shape index (κ1) is 21.0. The van der Waals surface area contributed by atoms with Crippen LogP contribution in [0.25, 0.3) is 0 Å². The molecule has 1 rings (SSSR count). The van der Waals surface area contributed by atoms with Crippen molar-refractivity contribution in [1.29, 1.82) is 0 Å². The number of carbonyl (C=O) groups is 2. The maximum Gasteiger partial charge on any atom is 0.335 e. The highest BCUT2D eigenvalue weighted by Crippen LogP contribution is 2.14. The van der Waals surface area contributed by atoms with Crippen LogP contribution < -0.4 is 4.74 Å². The fourth-order valence-electron chi connectivity index (χ4n) is 2.59. The van der Waals surface area contributed by atoms with Crippen molar-refractivity contribution in [3.63, 3.8) is 0 Å². The van der Waals surface area contributed by atoms with Crippen molar-refractivity contribution in [3.05, 3.63) is 29.8 Å². The Hall–Kier alpha value is -2.04. The molecule has 0 aliphatic rings. The van der Waals surface area contributed by atoms with Crippen LogP contribution in [0.3, 0.4) is 0 Å². The number of methoxy groups -OCH3 is 1. The van der Waals surface area contributed by atoms with Crippen molar-refractivity contribution in [2.45, 2.75) is 64.2 Å². The Morgan fingerprint density at radius 1 is 0.840 bits per heavy atom. The third-order valence-electron chi connectivity index (χ3n) is 4.12. The molecule has 1 N–H and O–H groups in total. The summed E-state index contributed by atoms with van der Waals surface area (Å²) in [6.45, 7) is 0.667. The van der Waals surface area contributed by atoms with E-state index in [1.54, 1.807) is 24.3 Å². The summed E-state index contributed by atoms with van der Waals surface area (Å²) in [7, 11) is 1.43. The second-order valence-electron chi connectivity index (χ2n) is 6.19. The summed E-state index contributed by atoms with van der Waals surface area (Å²) in [6.07, 6.45) is 10.8. The summed E-state index contributed by atoms with van der Waals surface area (Å²) in [4.78, 5) is 21.7. The quantitative estimate of drug-likeness (QED) is 0.384. The molecule has 5 nitrogen and oxygen atoms in total. The van der Waals surface area contributed by atoms with Crippen LogP contribution in [0.2, 0.25) is 0 Å². The smallest absolute Gasteiger partial charge is 0.335 e. The van der Waals surface area contributed by atoms with E-state index in [9.17, 15) is 9.59 Å². The molecule has 0 saturated heterocycles. The molecule has 0 saturated carbocycles. The summed E-state index contributed by atoms with van der Waals surface area (Å²) in [6, 6.07) is 6.51. The fraction of sp³-hybridized carbons (Fsp3) is 0.600. The average molecular weight is 350 g/mol. The molecular weight excluding hydrogens is 320 g/mol. The SMILES string of the molecule is COC(=O)CCCCCCCCCCCOc1ccc(C(=O)O)cc1. The summed E-state index contributed by atoms with van der Waals surface area (Å²) in [5.41, 5.74) is 0.276. The Bertz CT molecular complexity index is 495. The number of carboxylic acid groups (broad SMARTS) is 1. The molecule has 0 aromatic heterocycles. The molecule has 0 aliphatic carbocycles. The first-order valence-electron chi connectivity index (χ1n) is 9.16. The van der Waals surface area contributed by atoms with Crippen molar-refractivity contribution in [3.8, 4) is 5.75 Å². The Balaban J connectivity index is 1.89. The van der Waals surface area contributed by atoms with E-state index in [-0.39, 0.29) is 11.5 Å². The van der Waals surface area contributed by atoms with Gasteiger partial charge in [0.2, 0.25) is 0 Å². The monoisotopic (exact) mass is 350 g/mol. The summed E-state index contributed by atoms with van der Waals surface area (Å²) in [5, 5.41) is 8.83. The molecule has 0 radical (unpaired) electrons. The Morgan fingerprint density at radius 3 is 1.88 bits per heavy atom. The van der Waals surface area contributed by atoms with Gasteiger partial charge in [0, 0.05) is 6.42 Å². The molecule has 0 amide bonds. The lowest BCUT2D eigenvalue weighted by molar-refractivity contribution is -0.140. The molecule has 0 atom stereocenters. The molecule has 0 aliphatic heterocycles. The molecule has 0 fully saturated rings. The van der Waals surface area contributed by atoms with E-state index in [1.807, 2.05) is 0 Å². The van der Waals surface area contributed by atoms with Crippen LogP contribution in [0.4, 0.5) is 0 Å². The van der Waals surface area contributed by atoms with E-state index in [0.717, 1.165) is 31.4 Å². The first-order valence-corrected chi connectivity index (χ1v) is 9.16. The lowest BCUT2D eigenvalue weighted by atomic mass is 10.1. The predicted molar refractivity (Wildman–Crippen MR) is 97.1 cm³/mol. The number of carboxylic acids is 1. The van der Waals surface area contributed by atoms with Gasteiger partial charge in [-0.05, 0) is 37.1 Å². The standard InChI is InChI=1S/C20H30O5/c1-24-19(21)11-9-7-5-3-2-4-6-8-10-16-25-18-14-12-17(13-15-18)20(22)23/h12-15H,2-11,16H2,1H3,(H,22,23). The van der Waals surface area contributed by atoms with Gasteiger partial charge in [0.05, 0.1) is 19.3 Å². The Labute approximate surface area is 150 Å². The molecule has 0 spiro atoms. The molecule has 1 aromatic carbocycles. The Morgan fingerprint density at radius 2 is 1.36 bits per heavy atom. The zero-order chi connectivity index (χ0) is 18.3. The maximum atomic E-state index is 10.9. The summed E-state index contributed by atoms with van der Waals surface area (Å²) in [5.74, 6) is -0.313. The second-order valence-corrected chi connectivity index (χ2v) is 6.19. The zero-order valence-corrected chi connectivity index (χ0v) is 15.2. The highest BCUT2D eigenvalue weighted by Gasteiger charge is 2.02. The van der Waals surface area contributed by atoms with Gasteiger partial charge in [-0.1, -0.05) is 44.9 Å². The van der Waals surface area contributed by atoms with Crippen molar-refractivity contribution in [2.24, 2.45) is 0 Å². The number of hydrogen-bond acceptors (Lipinski definition) is 4. The number of esters is 1. The number of carbonyl (C=O) groups excluding carboxylic acids is 1. The summed E-state index contributed by atoms with van der Waals surface area (Å²) < 4.78 is 10.2. The minimum atomic E-state index is -0.921. The lowest BCUT2D eigenvalue weighted by Gasteiger charge is -2.06. The van der Waals surface area contributed by atoms with Crippen LogP contribution in [0.1, 0.15) is 74.6 Å².